The number of carbonyl (C=O) groups excluding carboxylic acids is 1. The van der Waals surface area contributed by atoms with Crippen LogP contribution < -0.4 is 4.74 Å². The second-order valence-corrected chi connectivity index (χ2v) is 9.60. The SMILES string of the molecule is O=C(c1ccc(Cl)cc1)c1ccc(OC[C@H]2C[C@@H](c3ccc(CN4CCCC4)cc3)C2)nn1. The van der Waals surface area contributed by atoms with Gasteiger partial charge < -0.3 is 4.74 Å². The van der Waals surface area contributed by atoms with E-state index in [0.29, 0.717) is 40.6 Å². The first-order chi connectivity index (χ1) is 16.1. The maximum atomic E-state index is 12.5. The van der Waals surface area contributed by atoms with Crippen molar-refractivity contribution in [3.05, 3.63) is 88.1 Å². The Balaban J connectivity index is 1.07. The van der Waals surface area contributed by atoms with E-state index >= 15 is 0 Å². The molecule has 3 aromatic rings. The average Bonchev–Trinajstić information content (AvgIpc) is 3.33. The van der Waals surface area contributed by atoms with Crippen LogP contribution in [0.25, 0.3) is 0 Å². The van der Waals surface area contributed by atoms with Crippen LogP contribution in [0.2, 0.25) is 5.02 Å². The molecule has 1 aromatic heterocycles. The van der Waals surface area contributed by atoms with Crippen molar-refractivity contribution < 1.29 is 9.53 Å². The molecule has 33 heavy (non-hydrogen) atoms. The third-order valence-corrected chi connectivity index (χ3v) is 6.99. The van der Waals surface area contributed by atoms with Crippen molar-refractivity contribution in [2.45, 2.75) is 38.1 Å². The van der Waals surface area contributed by atoms with Crippen LogP contribution in [0, 0.1) is 5.92 Å². The summed E-state index contributed by atoms with van der Waals surface area (Å²) in [5.41, 5.74) is 3.67. The number of hydrogen-bond donors (Lipinski definition) is 0. The van der Waals surface area contributed by atoms with Crippen LogP contribution in [0.15, 0.2) is 60.7 Å². The van der Waals surface area contributed by atoms with Gasteiger partial charge in [-0.25, -0.2) is 0 Å². The molecule has 5 rings (SSSR count). The summed E-state index contributed by atoms with van der Waals surface area (Å²) < 4.78 is 5.84. The lowest BCUT2D eigenvalue weighted by Crippen LogP contribution is -2.27. The first-order valence-corrected chi connectivity index (χ1v) is 12.1. The number of likely N-dealkylation sites (tertiary alicyclic amines) is 1. The van der Waals surface area contributed by atoms with Crippen molar-refractivity contribution in [2.75, 3.05) is 19.7 Å². The van der Waals surface area contributed by atoms with Gasteiger partial charge in [-0.3, -0.25) is 9.69 Å². The van der Waals surface area contributed by atoms with Crippen LogP contribution in [0.5, 0.6) is 5.88 Å². The zero-order valence-corrected chi connectivity index (χ0v) is 19.4. The van der Waals surface area contributed by atoms with Crippen LogP contribution in [0.4, 0.5) is 0 Å². The third kappa shape index (κ3) is 5.43. The van der Waals surface area contributed by atoms with Crippen LogP contribution in [-0.2, 0) is 6.54 Å². The molecule has 6 heteroatoms. The Morgan fingerprint density at radius 1 is 0.939 bits per heavy atom. The molecule has 0 unspecified atom stereocenters. The van der Waals surface area contributed by atoms with Crippen LogP contribution in [0.1, 0.15) is 58.8 Å². The van der Waals surface area contributed by atoms with Gasteiger partial charge in [-0.05, 0) is 92.1 Å². The number of nitrogens with zero attached hydrogens (tertiary/aromatic N) is 3. The van der Waals surface area contributed by atoms with E-state index in [9.17, 15) is 4.79 Å². The molecule has 0 spiro atoms. The van der Waals surface area contributed by atoms with Gasteiger partial charge in [0, 0.05) is 23.2 Å². The minimum Gasteiger partial charge on any atom is -0.476 e. The van der Waals surface area contributed by atoms with Gasteiger partial charge in [0.15, 0.2) is 0 Å². The summed E-state index contributed by atoms with van der Waals surface area (Å²) >= 11 is 5.88. The molecule has 0 amide bonds. The van der Waals surface area contributed by atoms with Crippen molar-refractivity contribution >= 4 is 17.4 Å². The fourth-order valence-corrected chi connectivity index (χ4v) is 4.83. The van der Waals surface area contributed by atoms with Gasteiger partial charge in [0.2, 0.25) is 11.7 Å². The summed E-state index contributed by atoms with van der Waals surface area (Å²) in [6.45, 7) is 4.17. The van der Waals surface area contributed by atoms with Gasteiger partial charge in [0.1, 0.15) is 5.69 Å². The molecule has 1 saturated carbocycles. The summed E-state index contributed by atoms with van der Waals surface area (Å²) in [5.74, 6) is 1.41. The van der Waals surface area contributed by atoms with Gasteiger partial charge in [-0.15, -0.1) is 10.2 Å². The zero-order chi connectivity index (χ0) is 22.6. The molecule has 2 aliphatic rings. The van der Waals surface area contributed by atoms with Crippen molar-refractivity contribution in [1.82, 2.24) is 15.1 Å². The third-order valence-electron chi connectivity index (χ3n) is 6.74. The van der Waals surface area contributed by atoms with E-state index in [-0.39, 0.29) is 5.78 Å². The molecule has 170 valence electrons. The van der Waals surface area contributed by atoms with E-state index in [0.717, 1.165) is 19.4 Å². The molecule has 2 aromatic carbocycles. The first-order valence-electron chi connectivity index (χ1n) is 11.7. The monoisotopic (exact) mass is 461 g/mol. The lowest BCUT2D eigenvalue weighted by molar-refractivity contribution is 0.103. The minimum absolute atomic E-state index is 0.181. The molecule has 0 bridgehead atoms. The van der Waals surface area contributed by atoms with Gasteiger partial charge in [-0.1, -0.05) is 35.9 Å². The van der Waals surface area contributed by atoms with Crippen molar-refractivity contribution in [3.63, 3.8) is 0 Å². The average molecular weight is 462 g/mol. The lowest BCUT2D eigenvalue weighted by Gasteiger charge is -2.35. The molecule has 2 fully saturated rings. The highest BCUT2D eigenvalue weighted by molar-refractivity contribution is 6.30. The molecule has 5 nitrogen and oxygen atoms in total. The number of ketones is 1. The molecule has 1 aliphatic carbocycles. The number of carbonyl (C=O) groups is 1. The second-order valence-electron chi connectivity index (χ2n) is 9.16. The van der Waals surface area contributed by atoms with Crippen LogP contribution in [0.3, 0.4) is 0 Å². The Morgan fingerprint density at radius 3 is 2.33 bits per heavy atom. The normalized spacial score (nSPS) is 20.4. The van der Waals surface area contributed by atoms with Crippen molar-refractivity contribution in [1.29, 1.82) is 0 Å². The van der Waals surface area contributed by atoms with Gasteiger partial charge >= 0.3 is 0 Å². The van der Waals surface area contributed by atoms with Crippen molar-refractivity contribution in [2.24, 2.45) is 5.92 Å². The maximum Gasteiger partial charge on any atom is 0.233 e. The fourth-order valence-electron chi connectivity index (χ4n) is 4.71. The quantitative estimate of drug-likeness (QED) is 0.413. The summed E-state index contributed by atoms with van der Waals surface area (Å²) in [5, 5.41) is 8.72. The van der Waals surface area contributed by atoms with Crippen LogP contribution in [-0.4, -0.2) is 40.6 Å². The number of aromatic nitrogens is 2. The van der Waals surface area contributed by atoms with E-state index in [1.807, 2.05) is 0 Å². The molecule has 1 aliphatic heterocycles. The summed E-state index contributed by atoms with van der Waals surface area (Å²) in [6.07, 6.45) is 4.93. The Hall–Kier alpha value is -2.76. The van der Waals surface area contributed by atoms with Gasteiger partial charge in [-0.2, -0.15) is 0 Å². The second kappa shape index (κ2) is 10.0. The number of ether oxygens (including phenoxy) is 1. The zero-order valence-electron chi connectivity index (χ0n) is 18.6. The molecule has 1 saturated heterocycles. The Morgan fingerprint density at radius 2 is 1.67 bits per heavy atom. The Labute approximate surface area is 199 Å². The topological polar surface area (TPSA) is 55.3 Å². The molecular formula is C27H28ClN3O2. The number of benzene rings is 2. The highest BCUT2D eigenvalue weighted by Gasteiger charge is 2.31. The van der Waals surface area contributed by atoms with E-state index in [1.165, 1.54) is 37.1 Å². The molecule has 2 heterocycles. The summed E-state index contributed by atoms with van der Waals surface area (Å²) in [7, 11) is 0. The highest BCUT2D eigenvalue weighted by Crippen LogP contribution is 2.41. The molecular weight excluding hydrogens is 434 g/mol. The highest BCUT2D eigenvalue weighted by atomic mass is 35.5. The Bertz CT molecular complexity index is 1070. The van der Waals surface area contributed by atoms with E-state index < -0.39 is 0 Å². The molecule has 0 radical (unpaired) electrons. The first kappa shape index (κ1) is 22.1. The largest absolute Gasteiger partial charge is 0.476 e. The number of halogens is 1. The van der Waals surface area contributed by atoms with Crippen molar-refractivity contribution in [3.8, 4) is 5.88 Å². The van der Waals surface area contributed by atoms with E-state index in [4.69, 9.17) is 16.3 Å². The van der Waals surface area contributed by atoms with E-state index in [2.05, 4.69) is 39.4 Å². The molecule has 0 atom stereocenters. The van der Waals surface area contributed by atoms with Gasteiger partial charge in [0.25, 0.3) is 0 Å². The Kier molecular flexibility index (Phi) is 6.70. The maximum absolute atomic E-state index is 12.5. The predicted molar refractivity (Wildman–Crippen MR) is 129 cm³/mol. The standard InChI is InChI=1S/C27H28ClN3O2/c28-24-9-7-22(8-10-24)27(32)25-11-12-26(30-29-25)33-18-20-15-23(16-20)21-5-3-19(4-6-21)17-31-13-1-2-14-31/h3-12,20,23H,1-2,13-18H2/t20-,23+. The van der Waals surface area contributed by atoms with Crippen LogP contribution >= 0.6 is 11.6 Å². The predicted octanol–water partition coefficient (Wildman–Crippen LogP) is 5.53. The fraction of sp³-hybridized carbons (Fsp3) is 0.370. The lowest BCUT2D eigenvalue weighted by atomic mass is 9.72. The summed E-state index contributed by atoms with van der Waals surface area (Å²) in [4.78, 5) is 15.0. The minimum atomic E-state index is -0.181. The number of hydrogen-bond acceptors (Lipinski definition) is 5. The number of rotatable bonds is 8. The smallest absolute Gasteiger partial charge is 0.233 e. The summed E-state index contributed by atoms with van der Waals surface area (Å²) in [6, 6.07) is 19.3. The van der Waals surface area contributed by atoms with E-state index in [1.54, 1.807) is 36.4 Å². The molecule has 0 N–H and O–H groups in total. The van der Waals surface area contributed by atoms with Gasteiger partial charge in [0.05, 0.1) is 6.61 Å².